The molecule has 3 heteroatoms. The molecule has 1 rings (SSSR count). The van der Waals surface area contributed by atoms with Crippen LogP contribution in [0, 0.1) is 6.92 Å². The number of hydrogen-bond acceptors (Lipinski definition) is 2. The number of hydrogen-bond donors (Lipinski definition) is 0. The normalized spacial score (nSPS) is 11.1. The fourth-order valence-electron chi connectivity index (χ4n) is 1.03. The van der Waals surface area contributed by atoms with Gasteiger partial charge in [-0.1, -0.05) is 17.7 Å². The Labute approximate surface area is 86.0 Å². The summed E-state index contributed by atoms with van der Waals surface area (Å²) in [5.74, 6) is -0.204. The molecule has 0 saturated carbocycles. The Morgan fingerprint density at radius 2 is 1.64 bits per heavy atom. The molecule has 0 fully saturated rings. The molecule has 2 nitrogen and oxygen atoms in total. The summed E-state index contributed by atoms with van der Waals surface area (Å²) in [5, 5.41) is 0. The monoisotopic (exact) mass is 208 g/mol. The maximum atomic E-state index is 11.6. The van der Waals surface area contributed by atoms with Crippen LogP contribution in [0.25, 0.3) is 0 Å². The van der Waals surface area contributed by atoms with Crippen molar-refractivity contribution in [2.24, 2.45) is 0 Å². The molecule has 14 heavy (non-hydrogen) atoms. The zero-order valence-corrected chi connectivity index (χ0v) is 10.1. The minimum atomic E-state index is -1.77. The van der Waals surface area contributed by atoms with Crippen LogP contribution in [-0.2, 0) is 4.43 Å². The molecule has 0 amide bonds. The van der Waals surface area contributed by atoms with Gasteiger partial charge in [0.1, 0.15) is 0 Å². The molecule has 0 aliphatic heterocycles. The Morgan fingerprint density at radius 3 is 2.07 bits per heavy atom. The molecule has 0 spiro atoms. The lowest BCUT2D eigenvalue weighted by atomic mass is 10.2. The Kier molecular flexibility index (Phi) is 3.11. The zero-order chi connectivity index (χ0) is 10.8. The number of benzene rings is 1. The quantitative estimate of drug-likeness (QED) is 0.698. The summed E-state index contributed by atoms with van der Waals surface area (Å²) in [5.41, 5.74) is 1.78. The summed E-state index contributed by atoms with van der Waals surface area (Å²) in [6, 6.07) is 7.44. The summed E-state index contributed by atoms with van der Waals surface area (Å²) < 4.78 is 5.36. The van der Waals surface area contributed by atoms with Crippen LogP contribution in [0.2, 0.25) is 19.6 Å². The second-order valence-corrected chi connectivity index (χ2v) is 8.80. The van der Waals surface area contributed by atoms with Crippen molar-refractivity contribution in [1.29, 1.82) is 0 Å². The van der Waals surface area contributed by atoms with Crippen LogP contribution < -0.4 is 0 Å². The number of carbonyl (C=O) groups excluding carboxylic acids is 1. The average Bonchev–Trinajstić information content (AvgIpc) is 2.02. The second-order valence-electron chi connectivity index (χ2n) is 4.37. The van der Waals surface area contributed by atoms with E-state index in [1.54, 1.807) is 12.1 Å². The third-order valence-corrected chi connectivity index (χ3v) is 2.48. The van der Waals surface area contributed by atoms with Gasteiger partial charge in [-0.2, -0.15) is 0 Å². The van der Waals surface area contributed by atoms with E-state index in [0.717, 1.165) is 5.56 Å². The number of aryl methyl sites for hydroxylation is 1. The van der Waals surface area contributed by atoms with Crippen LogP contribution in [0.15, 0.2) is 24.3 Å². The van der Waals surface area contributed by atoms with Gasteiger partial charge in [-0.25, -0.2) is 4.79 Å². The molecule has 0 aliphatic carbocycles. The lowest BCUT2D eigenvalue weighted by Gasteiger charge is -2.17. The summed E-state index contributed by atoms with van der Waals surface area (Å²) in [6.07, 6.45) is 0. The minimum absolute atomic E-state index is 0.204. The maximum absolute atomic E-state index is 11.6. The van der Waals surface area contributed by atoms with E-state index in [-0.39, 0.29) is 5.97 Å². The topological polar surface area (TPSA) is 26.3 Å². The van der Waals surface area contributed by atoms with Gasteiger partial charge in [-0.15, -0.1) is 0 Å². The van der Waals surface area contributed by atoms with Crippen molar-refractivity contribution in [3.63, 3.8) is 0 Å². The van der Waals surface area contributed by atoms with E-state index in [2.05, 4.69) is 0 Å². The van der Waals surface area contributed by atoms with Crippen molar-refractivity contribution in [3.8, 4) is 0 Å². The van der Waals surface area contributed by atoms with E-state index < -0.39 is 8.32 Å². The van der Waals surface area contributed by atoms with E-state index in [4.69, 9.17) is 4.43 Å². The predicted molar refractivity (Wildman–Crippen MR) is 59.9 cm³/mol. The lowest BCUT2D eigenvalue weighted by Crippen LogP contribution is -2.29. The fourth-order valence-corrected chi connectivity index (χ4v) is 1.70. The molecule has 1 aromatic rings. The van der Waals surface area contributed by atoms with Gasteiger partial charge < -0.3 is 4.43 Å². The van der Waals surface area contributed by atoms with Gasteiger partial charge in [-0.05, 0) is 38.7 Å². The minimum Gasteiger partial charge on any atom is -0.516 e. The maximum Gasteiger partial charge on any atom is 0.324 e. The van der Waals surface area contributed by atoms with Crippen LogP contribution in [0.5, 0.6) is 0 Å². The van der Waals surface area contributed by atoms with E-state index in [1.807, 2.05) is 38.7 Å². The lowest BCUT2D eigenvalue weighted by molar-refractivity contribution is 0.0724. The molecule has 0 radical (unpaired) electrons. The van der Waals surface area contributed by atoms with Gasteiger partial charge in [0.15, 0.2) is 0 Å². The Hall–Kier alpha value is -1.09. The summed E-state index contributed by atoms with van der Waals surface area (Å²) in [6.45, 7) is 7.99. The van der Waals surface area contributed by atoms with Gasteiger partial charge in [0.25, 0.3) is 0 Å². The van der Waals surface area contributed by atoms with Crippen LogP contribution in [0.3, 0.4) is 0 Å². The summed E-state index contributed by atoms with van der Waals surface area (Å²) in [4.78, 5) is 11.6. The van der Waals surface area contributed by atoms with Crippen molar-refractivity contribution in [1.82, 2.24) is 0 Å². The van der Waals surface area contributed by atoms with Gasteiger partial charge in [-0.3, -0.25) is 0 Å². The molecular formula is C11H16O2Si. The first-order chi connectivity index (χ1) is 6.38. The van der Waals surface area contributed by atoms with Gasteiger partial charge in [0.05, 0.1) is 5.56 Å². The highest BCUT2D eigenvalue weighted by Gasteiger charge is 2.20. The van der Waals surface area contributed by atoms with Crippen molar-refractivity contribution < 1.29 is 9.22 Å². The smallest absolute Gasteiger partial charge is 0.324 e. The van der Waals surface area contributed by atoms with E-state index >= 15 is 0 Å². The summed E-state index contributed by atoms with van der Waals surface area (Å²) >= 11 is 0. The van der Waals surface area contributed by atoms with Crippen LogP contribution in [-0.4, -0.2) is 14.3 Å². The predicted octanol–water partition coefficient (Wildman–Crippen LogP) is 2.99. The first-order valence-corrected chi connectivity index (χ1v) is 8.09. The molecule has 0 aliphatic rings. The zero-order valence-electron chi connectivity index (χ0n) is 9.13. The van der Waals surface area contributed by atoms with Crippen molar-refractivity contribution in [2.75, 3.05) is 0 Å². The molecule has 0 atom stereocenters. The van der Waals surface area contributed by atoms with E-state index in [0.29, 0.717) is 5.56 Å². The number of carbonyl (C=O) groups is 1. The molecule has 0 N–H and O–H groups in total. The highest BCUT2D eigenvalue weighted by atomic mass is 28.4. The van der Waals surface area contributed by atoms with Gasteiger partial charge in [0, 0.05) is 0 Å². The molecule has 0 saturated heterocycles. The highest BCUT2D eigenvalue weighted by Crippen LogP contribution is 2.10. The standard InChI is InChI=1S/C11H16O2Si/c1-9-5-7-10(8-6-9)11(12)13-14(2,3)4/h5-8H,1-4H3. The van der Waals surface area contributed by atoms with Gasteiger partial charge in [0.2, 0.25) is 8.32 Å². The van der Waals surface area contributed by atoms with Crippen molar-refractivity contribution in [2.45, 2.75) is 26.6 Å². The summed E-state index contributed by atoms with van der Waals surface area (Å²) in [7, 11) is -1.77. The molecule has 76 valence electrons. The molecular weight excluding hydrogens is 192 g/mol. The highest BCUT2D eigenvalue weighted by molar-refractivity contribution is 6.71. The SMILES string of the molecule is Cc1ccc(C(=O)O[Si](C)(C)C)cc1. The van der Waals surface area contributed by atoms with Crippen molar-refractivity contribution in [3.05, 3.63) is 35.4 Å². The molecule has 0 bridgehead atoms. The van der Waals surface area contributed by atoms with Crippen LogP contribution >= 0.6 is 0 Å². The Morgan fingerprint density at radius 1 is 1.14 bits per heavy atom. The largest absolute Gasteiger partial charge is 0.516 e. The first-order valence-electron chi connectivity index (χ1n) is 4.68. The van der Waals surface area contributed by atoms with Gasteiger partial charge >= 0.3 is 5.97 Å². The molecule has 1 aromatic carbocycles. The molecule has 0 aromatic heterocycles. The Balaban J connectivity index is 2.76. The van der Waals surface area contributed by atoms with Crippen LogP contribution in [0.1, 0.15) is 15.9 Å². The first kappa shape index (κ1) is 11.0. The second kappa shape index (κ2) is 3.96. The van der Waals surface area contributed by atoms with Crippen LogP contribution in [0.4, 0.5) is 0 Å². The van der Waals surface area contributed by atoms with E-state index in [9.17, 15) is 4.79 Å². The molecule has 0 heterocycles. The van der Waals surface area contributed by atoms with E-state index in [1.165, 1.54) is 0 Å². The Bertz CT molecular complexity index is 322. The average molecular weight is 208 g/mol. The molecule has 0 unspecified atom stereocenters. The third-order valence-electron chi connectivity index (χ3n) is 1.69. The van der Waals surface area contributed by atoms with Crippen molar-refractivity contribution >= 4 is 14.3 Å². The fraction of sp³-hybridized carbons (Fsp3) is 0.364. The number of rotatable bonds is 2. The third kappa shape index (κ3) is 3.34.